The van der Waals surface area contributed by atoms with Gasteiger partial charge in [0.25, 0.3) is 0 Å². The van der Waals surface area contributed by atoms with Gasteiger partial charge in [0.2, 0.25) is 0 Å². The van der Waals surface area contributed by atoms with E-state index in [4.69, 9.17) is 20.1 Å². The molecule has 0 fully saturated rings. The number of phosphoric acid groups is 1. The zero-order valence-corrected chi connectivity index (χ0v) is 25.5. The number of carbonyl (C=O) groups excluding carboxylic acids is 1. The second kappa shape index (κ2) is 29.6. The molecule has 33 heavy (non-hydrogen) atoms. The quantitative estimate of drug-likeness (QED) is 0.0559. The Kier molecular flexibility index (Phi) is 37.3. The smallest absolute Gasteiger partial charge is 0.790 e. The number of aliphatic hydroxyl groups excluding tert-OH is 4. The number of unbranched alkanes of at least 4 members (excludes halogenated alkanes) is 10. The Morgan fingerprint density at radius 1 is 0.788 bits per heavy atom. The number of carbonyl (C=O) groups is 1. The van der Waals surface area contributed by atoms with Crippen LogP contribution in [0, 0.1) is 0 Å². The molecule has 0 radical (unpaired) electrons. The number of ether oxygens (including phenoxy) is 1. The SMILES string of the molecule is CCCCCCCCCCCCCC(=O)OCC(O)COP(=O)([O-])[O-].OCC(O)CO.[Na+].[Na+]. The van der Waals surface area contributed by atoms with E-state index in [1.165, 1.54) is 51.4 Å². The van der Waals surface area contributed by atoms with Crippen molar-refractivity contribution in [2.75, 3.05) is 26.4 Å². The molecule has 0 aliphatic carbocycles. The molecule has 0 saturated carbocycles. The summed E-state index contributed by atoms with van der Waals surface area (Å²) in [5, 5.41) is 33.3. The molecule has 0 aliphatic rings. The van der Waals surface area contributed by atoms with Gasteiger partial charge < -0.3 is 44.0 Å². The van der Waals surface area contributed by atoms with Crippen molar-refractivity contribution in [2.24, 2.45) is 0 Å². The summed E-state index contributed by atoms with van der Waals surface area (Å²) < 4.78 is 18.9. The van der Waals surface area contributed by atoms with Crippen LogP contribution >= 0.6 is 7.82 Å². The van der Waals surface area contributed by atoms with Gasteiger partial charge in [-0.3, -0.25) is 4.79 Å². The van der Waals surface area contributed by atoms with E-state index in [1.54, 1.807) is 0 Å². The van der Waals surface area contributed by atoms with E-state index >= 15 is 0 Å². The average Bonchev–Trinajstić information content (AvgIpc) is 2.73. The van der Waals surface area contributed by atoms with Gasteiger partial charge in [0.15, 0.2) is 0 Å². The summed E-state index contributed by atoms with van der Waals surface area (Å²) in [6.07, 6.45) is 11.1. The van der Waals surface area contributed by atoms with Gasteiger partial charge in [0.05, 0.1) is 27.6 Å². The van der Waals surface area contributed by atoms with Gasteiger partial charge in [-0.1, -0.05) is 71.1 Å². The molecule has 0 aliphatic heterocycles. The third-order valence-corrected chi connectivity index (χ3v) is 4.73. The van der Waals surface area contributed by atoms with Crippen molar-refractivity contribution in [3.63, 3.8) is 0 Å². The first kappa shape index (κ1) is 41.5. The van der Waals surface area contributed by atoms with Crippen LogP contribution in [-0.2, 0) is 18.6 Å². The molecule has 0 saturated heterocycles. The van der Waals surface area contributed by atoms with Crippen molar-refractivity contribution in [2.45, 2.75) is 96.2 Å². The van der Waals surface area contributed by atoms with Crippen LogP contribution in [0.5, 0.6) is 0 Å². The fourth-order valence-electron chi connectivity index (χ4n) is 2.48. The Hall–Kier alpha value is 1.42. The van der Waals surface area contributed by atoms with Crippen LogP contribution in [0.1, 0.15) is 84.0 Å². The Balaban J connectivity index is -0.000000462. The van der Waals surface area contributed by atoms with E-state index in [1.807, 2.05) is 0 Å². The van der Waals surface area contributed by atoms with Gasteiger partial charge in [-0.2, -0.15) is 0 Å². The van der Waals surface area contributed by atoms with Crippen LogP contribution in [0.3, 0.4) is 0 Å². The number of hydrogen-bond acceptors (Lipinski definition) is 10. The van der Waals surface area contributed by atoms with Gasteiger partial charge >= 0.3 is 65.1 Å². The molecule has 4 N–H and O–H groups in total. The molecule has 0 aromatic carbocycles. The molecular weight excluding hydrogens is 477 g/mol. The zero-order valence-electron chi connectivity index (χ0n) is 20.7. The van der Waals surface area contributed by atoms with Crippen LogP contribution in [0.2, 0.25) is 0 Å². The number of esters is 1. The zero-order chi connectivity index (χ0) is 24.0. The first-order chi connectivity index (χ1) is 14.7. The van der Waals surface area contributed by atoms with Gasteiger partial charge in [0, 0.05) is 6.42 Å². The van der Waals surface area contributed by atoms with Crippen molar-refractivity contribution >= 4 is 13.8 Å². The standard InChI is InChI=1S/C17H35O7P.C3H8O3.2Na/c1-2-3-4-5-6-7-8-9-10-11-12-13-17(19)23-14-16(18)15-24-25(20,21)22;4-1-3(6)2-5;;/h16,18H,2-15H2,1H3,(H2,20,21,22);3-6H,1-2H2;;/q;;2*+1/p-2. The minimum Gasteiger partial charge on any atom is -0.790 e. The summed E-state index contributed by atoms with van der Waals surface area (Å²) in [6.45, 7) is 0.411. The van der Waals surface area contributed by atoms with Crippen molar-refractivity contribution in [3.05, 3.63) is 0 Å². The summed E-state index contributed by atoms with van der Waals surface area (Å²) in [6, 6.07) is 0. The molecule has 0 amide bonds. The molecule has 0 aromatic rings. The first-order valence-electron chi connectivity index (χ1n) is 11.1. The predicted octanol–water partition coefficient (Wildman–Crippen LogP) is -5.22. The molecule has 0 heterocycles. The van der Waals surface area contributed by atoms with E-state index in [-0.39, 0.29) is 85.4 Å². The van der Waals surface area contributed by atoms with Gasteiger partial charge in [-0.25, -0.2) is 0 Å². The predicted molar refractivity (Wildman–Crippen MR) is 112 cm³/mol. The summed E-state index contributed by atoms with van der Waals surface area (Å²) in [5.74, 6) is -0.442. The van der Waals surface area contributed by atoms with Gasteiger partial charge in [-0.15, -0.1) is 0 Å². The van der Waals surface area contributed by atoms with Crippen LogP contribution in [-0.4, -0.2) is 65.0 Å². The van der Waals surface area contributed by atoms with Crippen molar-refractivity contribution in [1.29, 1.82) is 0 Å². The van der Waals surface area contributed by atoms with E-state index < -0.39 is 32.6 Å². The summed E-state index contributed by atoms with van der Waals surface area (Å²) in [7, 11) is -5.11. The Morgan fingerprint density at radius 3 is 1.58 bits per heavy atom. The molecule has 13 heteroatoms. The van der Waals surface area contributed by atoms with E-state index in [0.29, 0.717) is 0 Å². The maximum atomic E-state index is 11.5. The molecule has 10 nitrogen and oxygen atoms in total. The topological polar surface area (TPSA) is 180 Å². The summed E-state index contributed by atoms with van der Waals surface area (Å²) in [4.78, 5) is 31.9. The Labute approximate surface area is 242 Å². The second-order valence-corrected chi connectivity index (χ2v) is 8.54. The molecular formula is C20H41Na2O10P. The largest absolute Gasteiger partial charge is 1.00 e. The van der Waals surface area contributed by atoms with E-state index in [0.717, 1.165) is 19.3 Å². The molecule has 188 valence electrons. The van der Waals surface area contributed by atoms with Crippen LogP contribution in [0.15, 0.2) is 0 Å². The normalized spacial score (nSPS) is 11.6. The maximum absolute atomic E-state index is 11.5. The maximum Gasteiger partial charge on any atom is 1.00 e. The summed E-state index contributed by atoms with van der Waals surface area (Å²) in [5.41, 5.74) is 0. The van der Waals surface area contributed by atoms with Crippen LogP contribution < -0.4 is 68.9 Å². The minimum atomic E-state index is -5.11. The molecule has 0 spiro atoms. The number of aliphatic hydroxyl groups is 4. The number of hydrogen-bond donors (Lipinski definition) is 4. The Bertz CT molecular complexity index is 451. The van der Waals surface area contributed by atoms with E-state index in [9.17, 15) is 24.3 Å². The van der Waals surface area contributed by atoms with Crippen molar-refractivity contribution < 1.29 is 108 Å². The Morgan fingerprint density at radius 2 is 1.21 bits per heavy atom. The molecule has 1 unspecified atom stereocenters. The number of rotatable bonds is 19. The fraction of sp³-hybridized carbons (Fsp3) is 0.950. The average molecular weight is 518 g/mol. The van der Waals surface area contributed by atoms with Crippen molar-refractivity contribution in [1.82, 2.24) is 0 Å². The van der Waals surface area contributed by atoms with Crippen molar-refractivity contribution in [3.8, 4) is 0 Å². The third kappa shape index (κ3) is 38.1. The molecule has 0 rings (SSSR count). The van der Waals surface area contributed by atoms with Crippen LogP contribution in [0.4, 0.5) is 0 Å². The molecule has 0 bridgehead atoms. The van der Waals surface area contributed by atoms with Crippen LogP contribution in [0.25, 0.3) is 0 Å². The monoisotopic (exact) mass is 518 g/mol. The van der Waals surface area contributed by atoms with Gasteiger partial charge in [0.1, 0.15) is 18.8 Å². The summed E-state index contributed by atoms with van der Waals surface area (Å²) >= 11 is 0. The van der Waals surface area contributed by atoms with E-state index in [2.05, 4.69) is 11.4 Å². The first-order valence-corrected chi connectivity index (χ1v) is 12.5. The van der Waals surface area contributed by atoms with Gasteiger partial charge in [-0.05, 0) is 6.42 Å². The fourth-order valence-corrected chi connectivity index (χ4v) is 2.83. The molecule has 1 atom stereocenters. The second-order valence-electron chi connectivity index (χ2n) is 7.38. The number of phosphoric ester groups is 1. The minimum absolute atomic E-state index is 0. The molecule has 0 aromatic heterocycles. The third-order valence-electron chi connectivity index (χ3n) is 4.27.